The van der Waals surface area contributed by atoms with E-state index in [2.05, 4.69) is 104 Å². The van der Waals surface area contributed by atoms with Crippen LogP contribution in [0, 0.1) is 11.8 Å². The molecular formula is C75H101N17O22S2. The lowest BCUT2D eigenvalue weighted by molar-refractivity contribution is -0.143. The number of nitrogens with two attached hydrogens (primary N) is 1. The molecule has 13 atom stereocenters. The minimum Gasteiger partial charge on any atom is -0.508 e. The van der Waals surface area contributed by atoms with E-state index in [1.807, 2.05) is 0 Å². The fourth-order valence-corrected chi connectivity index (χ4v) is 12.8. The van der Waals surface area contributed by atoms with Crippen LogP contribution in [0.15, 0.2) is 85.2 Å². The second kappa shape index (κ2) is 44.7. The molecule has 1 fully saturated rings. The lowest BCUT2D eigenvalue weighted by Crippen LogP contribution is -2.60. The van der Waals surface area contributed by atoms with Crippen LogP contribution in [0.25, 0.3) is 21.8 Å². The molecule has 0 spiro atoms. The molecule has 1 aliphatic rings. The third-order valence-corrected chi connectivity index (χ3v) is 19.6. The number of aromatic amines is 2. The fraction of sp³-hybridized carbons (Fsp3) is 0.480. The predicted molar refractivity (Wildman–Crippen MR) is 423 cm³/mol. The topological polar surface area (TPSA) is 609 Å². The average Bonchev–Trinajstić information content (AvgIpc) is 1.65. The summed E-state index contributed by atoms with van der Waals surface area (Å²) in [6.45, 7) is 6.21. The Hall–Kier alpha value is -11.9. The number of H-pyrrole nitrogens is 2. The minimum absolute atomic E-state index is 0.0256. The summed E-state index contributed by atoms with van der Waals surface area (Å²) in [7, 11) is 0. The summed E-state index contributed by atoms with van der Waals surface area (Å²) in [5.74, 6) is -19.5. The summed E-state index contributed by atoms with van der Waals surface area (Å²) in [5.41, 5.74) is 8.67. The number of nitrogens with one attached hydrogen (secondary N) is 15. The van der Waals surface area contributed by atoms with Crippen LogP contribution in [0.4, 0.5) is 0 Å². The molecule has 116 heavy (non-hydrogen) atoms. The highest BCUT2D eigenvalue weighted by molar-refractivity contribution is 7.80. The standard InChI is InChI=1S/C75H101N17O22S2/c1-36(2)62(73(111)84-49(22-24-60(100)101)67(105)88-53(34-115)69(107)86-51(27-41-29-77-46-14-9-7-12-44(41)46)68(106)82-38(5)64(102)91-63(37(3)4)75(113)114)90-58(97)32-79-56(95)31-80-65(103)50(26-40-17-19-43(94)20-18-40)85-66(104)48(21-23-59(98)99)83-57(96)33-81-71(109)55-16-11-25-92(55)74(112)52(28-42-30-78-47-15-10-8-13-45(42)47)87-70(108)54(35-116)89-72(110)61(76)39(6)93/h7-10,12-15,17-20,29-30,36-39,48-55,61-63,77-78,93-94,115-116H,11,16,21-28,31-35,76H2,1-6H3,(H,79,95)(H,80,103)(H,81,109)(H,82,106)(H,83,96)(H,84,111)(H,85,104)(H,86,107)(H,87,108)(H,88,105)(H,89,110)(H,90,97)(H,91,102)(H,98,99)(H,100,101)(H,113,114)/t38-,39+,48-,49-,50-,51-,52-,53-,54-,55-,61-,62-,63-/m0/s1. The number of thiol groups is 2. The molecule has 39 nitrogen and oxygen atoms in total. The molecule has 14 amide bonds. The summed E-state index contributed by atoms with van der Waals surface area (Å²) in [4.78, 5) is 236. The van der Waals surface area contributed by atoms with Crippen molar-refractivity contribution in [2.45, 2.75) is 178 Å². The second-order valence-electron chi connectivity index (χ2n) is 28.5. The molecule has 5 aromatic rings. The zero-order valence-corrected chi connectivity index (χ0v) is 66.2. The smallest absolute Gasteiger partial charge is 0.326 e. The van der Waals surface area contributed by atoms with Crippen LogP contribution in [0.2, 0.25) is 0 Å². The Kier molecular flexibility index (Phi) is 35.9. The van der Waals surface area contributed by atoms with Crippen LogP contribution in [-0.4, -0.2) is 257 Å². The number of carbonyl (C=O) groups is 17. The summed E-state index contributed by atoms with van der Waals surface area (Å²) in [5, 5.41) is 81.9. The number of amides is 14. The van der Waals surface area contributed by atoms with Crippen molar-refractivity contribution in [3.63, 3.8) is 0 Å². The highest BCUT2D eigenvalue weighted by atomic mass is 32.1. The van der Waals surface area contributed by atoms with E-state index in [1.54, 1.807) is 74.8 Å². The van der Waals surface area contributed by atoms with Crippen molar-refractivity contribution >= 4 is 148 Å². The molecule has 1 saturated heterocycles. The number of aliphatic hydroxyl groups excluding tert-OH is 1. The van der Waals surface area contributed by atoms with Crippen LogP contribution in [0.1, 0.15) is 96.8 Å². The van der Waals surface area contributed by atoms with Gasteiger partial charge in [0.1, 0.15) is 78.3 Å². The highest BCUT2D eigenvalue weighted by Gasteiger charge is 2.41. The third-order valence-electron chi connectivity index (χ3n) is 18.9. The molecular weight excluding hydrogens is 1560 g/mol. The van der Waals surface area contributed by atoms with Gasteiger partial charge in [0.15, 0.2) is 0 Å². The number of aliphatic carboxylic acids is 3. The summed E-state index contributed by atoms with van der Waals surface area (Å²) in [6.07, 6.45) is -0.813. The number of aliphatic hydroxyl groups is 1. The first-order valence-electron chi connectivity index (χ1n) is 37.2. The number of phenols is 1. The number of carboxylic acid groups (broad SMARTS) is 3. The van der Waals surface area contributed by atoms with Crippen LogP contribution < -0.4 is 74.9 Å². The number of benzene rings is 3. The molecule has 22 N–H and O–H groups in total. The van der Waals surface area contributed by atoms with Gasteiger partial charge >= 0.3 is 17.9 Å². The molecule has 3 heterocycles. The van der Waals surface area contributed by atoms with Crippen LogP contribution in [-0.2, 0) is 101 Å². The van der Waals surface area contributed by atoms with Gasteiger partial charge in [-0.25, -0.2) is 4.79 Å². The lowest BCUT2D eigenvalue weighted by atomic mass is 10.0. The second-order valence-corrected chi connectivity index (χ2v) is 29.2. The molecule has 0 radical (unpaired) electrons. The number of nitrogens with zero attached hydrogens (tertiary/aromatic N) is 1. The Balaban J connectivity index is 1.07. The molecule has 41 heteroatoms. The van der Waals surface area contributed by atoms with Gasteiger partial charge in [-0.1, -0.05) is 76.2 Å². The number of carbonyl (C=O) groups excluding carboxylic acids is 14. The Morgan fingerprint density at radius 3 is 1.44 bits per heavy atom. The Bertz CT molecular complexity index is 4380. The van der Waals surface area contributed by atoms with Crippen molar-refractivity contribution in [1.82, 2.24) is 84.0 Å². The zero-order valence-electron chi connectivity index (χ0n) is 64.4. The molecule has 6 rings (SSSR count). The molecule has 3 aromatic carbocycles. The van der Waals surface area contributed by atoms with E-state index < -0.39 is 242 Å². The predicted octanol–water partition coefficient (Wildman–Crippen LogP) is -3.72. The summed E-state index contributed by atoms with van der Waals surface area (Å²) >= 11 is 8.46. The molecule has 0 saturated carbocycles. The number of hydrogen-bond acceptors (Lipinski definition) is 22. The molecule has 1 aliphatic heterocycles. The molecule has 0 aliphatic carbocycles. The van der Waals surface area contributed by atoms with Crippen molar-refractivity contribution in [2.75, 3.05) is 37.7 Å². The van der Waals surface area contributed by atoms with Crippen LogP contribution in [0.5, 0.6) is 5.75 Å². The van der Waals surface area contributed by atoms with Crippen molar-refractivity contribution in [1.29, 1.82) is 0 Å². The van der Waals surface area contributed by atoms with E-state index in [1.165, 1.54) is 56.9 Å². The number of rotatable bonds is 45. The van der Waals surface area contributed by atoms with Crippen molar-refractivity contribution in [3.8, 4) is 5.75 Å². The fourth-order valence-electron chi connectivity index (χ4n) is 12.3. The van der Waals surface area contributed by atoms with Gasteiger partial charge in [0.2, 0.25) is 82.7 Å². The van der Waals surface area contributed by atoms with E-state index >= 15 is 0 Å². The molecule has 0 unspecified atom stereocenters. The van der Waals surface area contributed by atoms with E-state index in [9.17, 15) is 107 Å². The van der Waals surface area contributed by atoms with Gasteiger partial charge in [-0.05, 0) is 92.3 Å². The maximum Gasteiger partial charge on any atom is 0.326 e. The van der Waals surface area contributed by atoms with Gasteiger partial charge in [0, 0.05) is 84.4 Å². The highest BCUT2D eigenvalue weighted by Crippen LogP contribution is 2.25. The number of aromatic nitrogens is 2. The largest absolute Gasteiger partial charge is 0.508 e. The van der Waals surface area contributed by atoms with Gasteiger partial charge in [0.25, 0.3) is 0 Å². The molecule has 630 valence electrons. The number of phenolic OH excluding ortho intramolecular Hbond substituents is 1. The zero-order chi connectivity index (χ0) is 85.8. The normalized spacial score (nSPS) is 15.7. The Morgan fingerprint density at radius 1 is 0.474 bits per heavy atom. The van der Waals surface area contributed by atoms with Crippen LogP contribution >= 0.6 is 25.3 Å². The van der Waals surface area contributed by atoms with Gasteiger partial charge in [0.05, 0.1) is 25.7 Å². The minimum atomic E-state index is -1.70. The number of fused-ring (bicyclic) bond motifs is 2. The monoisotopic (exact) mass is 1660 g/mol. The Morgan fingerprint density at radius 2 is 0.922 bits per heavy atom. The SMILES string of the molecule is CC(C)[C@H](NC(=O)[C@H](C)NC(=O)[C@H](Cc1c[nH]c2ccccc12)NC(=O)[C@H](CS)NC(=O)[C@H](CCC(=O)O)NC(=O)[C@@H](NC(=O)CNC(=O)CNC(=O)[C@H](Cc1ccc(O)cc1)NC(=O)[C@H](CCC(=O)O)NC(=O)CNC(=O)[C@@H]1CCCN1C(=O)[C@H](Cc1c[nH]c2ccccc12)NC(=O)[C@H](CS)NC(=O)[C@@H](N)[C@@H](C)O)C(C)C)C(=O)O. The number of likely N-dealkylation sites (tertiary alicyclic amines) is 1. The van der Waals surface area contributed by atoms with E-state index in [4.69, 9.17) is 5.73 Å². The maximum absolute atomic E-state index is 14.6. The maximum atomic E-state index is 14.6. The Labute approximate surface area is 676 Å². The molecule has 2 aromatic heterocycles. The van der Waals surface area contributed by atoms with Crippen molar-refractivity contribution in [2.24, 2.45) is 17.6 Å². The van der Waals surface area contributed by atoms with E-state index in [-0.39, 0.29) is 43.7 Å². The van der Waals surface area contributed by atoms with Crippen molar-refractivity contribution in [3.05, 3.63) is 102 Å². The number of hydrogen-bond donors (Lipinski definition) is 23. The first-order chi connectivity index (χ1) is 54.9. The number of carboxylic acids is 3. The third kappa shape index (κ3) is 28.0. The van der Waals surface area contributed by atoms with Crippen LogP contribution in [0.3, 0.4) is 0 Å². The quantitative estimate of drug-likeness (QED) is 0.0167. The first kappa shape index (κ1) is 93.0. The first-order valence-corrected chi connectivity index (χ1v) is 38.5. The van der Waals surface area contributed by atoms with Gasteiger partial charge in [-0.15, -0.1) is 0 Å². The number of aromatic hydroxyl groups is 1. The number of para-hydroxylation sites is 2. The lowest BCUT2D eigenvalue weighted by Gasteiger charge is -2.30. The average molecular weight is 1660 g/mol. The van der Waals surface area contributed by atoms with E-state index in [0.29, 0.717) is 39.5 Å². The van der Waals surface area contributed by atoms with Gasteiger partial charge in [-0.2, -0.15) is 25.3 Å². The van der Waals surface area contributed by atoms with Gasteiger partial charge in [-0.3, -0.25) is 76.7 Å². The summed E-state index contributed by atoms with van der Waals surface area (Å²) in [6, 6.07) is 2.04. The molecule has 0 bridgehead atoms. The van der Waals surface area contributed by atoms with Gasteiger partial charge < -0.3 is 115 Å². The summed E-state index contributed by atoms with van der Waals surface area (Å²) < 4.78 is 0. The van der Waals surface area contributed by atoms with Crippen molar-refractivity contribution < 1.29 is 107 Å². The van der Waals surface area contributed by atoms with E-state index in [0.717, 1.165) is 5.39 Å².